The zero-order valence-electron chi connectivity index (χ0n) is 20.8. The Bertz CT molecular complexity index is 1680. The number of rotatable bonds is 6. The molecule has 0 unspecified atom stereocenters. The summed E-state index contributed by atoms with van der Waals surface area (Å²) in [6, 6.07) is 10.1. The Morgan fingerprint density at radius 1 is 0.750 bits per heavy atom. The summed E-state index contributed by atoms with van der Waals surface area (Å²) in [4.78, 5) is 23.7. The molecular formula is C28H18F6O5S. The number of thiophene rings is 1. The number of halogens is 6. The monoisotopic (exact) mass is 580 g/mol. The number of hydrogen-bond donors (Lipinski definition) is 0. The van der Waals surface area contributed by atoms with Crippen molar-refractivity contribution >= 4 is 43.4 Å². The van der Waals surface area contributed by atoms with Crippen molar-refractivity contribution in [3.63, 3.8) is 0 Å². The van der Waals surface area contributed by atoms with Gasteiger partial charge in [-0.1, -0.05) is 37.4 Å². The molecule has 0 aliphatic heterocycles. The van der Waals surface area contributed by atoms with Crippen LogP contribution in [-0.4, -0.2) is 18.3 Å². The minimum atomic E-state index is -5.23. The molecule has 0 atom stereocenters. The molecule has 1 heterocycles. The van der Waals surface area contributed by atoms with E-state index in [0.29, 0.717) is 11.3 Å². The van der Waals surface area contributed by atoms with Crippen LogP contribution in [0.3, 0.4) is 0 Å². The fourth-order valence-corrected chi connectivity index (χ4v) is 5.10. The maximum Gasteiger partial charge on any atom is 0.573 e. The van der Waals surface area contributed by atoms with Crippen LogP contribution in [0.15, 0.2) is 72.8 Å². The number of carbonyl (C=O) groups is 2. The van der Waals surface area contributed by atoms with Crippen molar-refractivity contribution in [3.8, 4) is 28.4 Å². The van der Waals surface area contributed by atoms with Crippen LogP contribution in [0.5, 0.6) is 17.2 Å². The summed E-state index contributed by atoms with van der Waals surface area (Å²) < 4.78 is 96.9. The first kappa shape index (κ1) is 28.7. The summed E-state index contributed by atoms with van der Waals surface area (Å²) in [5.74, 6) is -3.24. The number of ether oxygens (including phenoxy) is 3. The molecule has 0 N–H and O–H groups in total. The average molecular weight is 581 g/mol. The van der Waals surface area contributed by atoms with E-state index >= 15 is 0 Å². The maximum atomic E-state index is 14.5. The van der Waals surface area contributed by atoms with E-state index in [1.54, 1.807) is 0 Å². The average Bonchev–Trinajstić information content (AvgIpc) is 3.22. The summed E-state index contributed by atoms with van der Waals surface area (Å²) in [5.41, 5.74) is -1.21. The van der Waals surface area contributed by atoms with Gasteiger partial charge in [-0.25, -0.2) is 9.59 Å². The number of fused-ring (bicyclic) bond motifs is 3. The molecule has 0 radical (unpaired) electrons. The Morgan fingerprint density at radius 2 is 1.30 bits per heavy atom. The molecule has 0 aliphatic carbocycles. The van der Waals surface area contributed by atoms with Crippen LogP contribution in [0.4, 0.5) is 26.3 Å². The second-order valence-electron chi connectivity index (χ2n) is 8.65. The van der Waals surface area contributed by atoms with Gasteiger partial charge >= 0.3 is 24.5 Å². The Labute approximate surface area is 226 Å². The van der Waals surface area contributed by atoms with Crippen molar-refractivity contribution in [2.75, 3.05) is 0 Å². The van der Waals surface area contributed by atoms with E-state index in [9.17, 15) is 35.9 Å². The molecule has 208 valence electrons. The smallest absolute Gasteiger partial charge is 0.423 e. The van der Waals surface area contributed by atoms with E-state index in [-0.39, 0.29) is 48.2 Å². The number of esters is 2. The number of alkyl halides is 6. The highest BCUT2D eigenvalue weighted by atomic mass is 32.1. The Hall–Kier alpha value is -4.32. The summed E-state index contributed by atoms with van der Waals surface area (Å²) in [5, 5.41) is 0.0568. The lowest BCUT2D eigenvalue weighted by Crippen LogP contribution is -2.18. The number of benzene rings is 3. The highest BCUT2D eigenvalue weighted by Crippen LogP contribution is 2.51. The van der Waals surface area contributed by atoms with Crippen molar-refractivity contribution in [3.05, 3.63) is 78.4 Å². The lowest BCUT2D eigenvalue weighted by Gasteiger charge is -2.15. The van der Waals surface area contributed by atoms with Gasteiger partial charge in [0.15, 0.2) is 11.5 Å². The zero-order chi connectivity index (χ0) is 29.6. The lowest BCUT2D eigenvalue weighted by molar-refractivity contribution is -0.274. The molecule has 0 spiro atoms. The molecule has 4 aromatic rings. The fourth-order valence-electron chi connectivity index (χ4n) is 3.76. The normalized spacial score (nSPS) is 11.9. The van der Waals surface area contributed by atoms with Crippen molar-refractivity contribution in [2.24, 2.45) is 0 Å². The van der Waals surface area contributed by atoms with Gasteiger partial charge in [-0.2, -0.15) is 13.2 Å². The van der Waals surface area contributed by atoms with Crippen molar-refractivity contribution in [2.45, 2.75) is 26.4 Å². The third-order valence-corrected chi connectivity index (χ3v) is 6.74. The van der Waals surface area contributed by atoms with Gasteiger partial charge in [-0.05, 0) is 49.2 Å². The van der Waals surface area contributed by atoms with Gasteiger partial charge in [0.05, 0.1) is 10.3 Å². The highest BCUT2D eigenvalue weighted by molar-refractivity contribution is 7.26. The summed E-state index contributed by atoms with van der Waals surface area (Å²) in [7, 11) is 0. The van der Waals surface area contributed by atoms with E-state index in [1.165, 1.54) is 56.3 Å². The van der Waals surface area contributed by atoms with Crippen LogP contribution in [0.2, 0.25) is 0 Å². The first-order valence-electron chi connectivity index (χ1n) is 11.3. The maximum absolute atomic E-state index is 14.5. The predicted molar refractivity (Wildman–Crippen MR) is 137 cm³/mol. The van der Waals surface area contributed by atoms with Gasteiger partial charge in [0.1, 0.15) is 5.75 Å². The third-order valence-electron chi connectivity index (χ3n) is 5.50. The second-order valence-corrected chi connectivity index (χ2v) is 9.67. The lowest BCUT2D eigenvalue weighted by atomic mass is 9.97. The highest BCUT2D eigenvalue weighted by Gasteiger charge is 2.38. The molecule has 12 heteroatoms. The Balaban J connectivity index is 1.94. The van der Waals surface area contributed by atoms with Gasteiger partial charge < -0.3 is 14.2 Å². The SMILES string of the molecule is C=C(C)C(=O)Oc1ccc(-c2ccc3c(sc4c(OC(F)(F)F)c(OC(=O)C(=C)C)ccc43)c2C(F)(F)F)cc1. The first-order chi connectivity index (χ1) is 18.6. The van der Waals surface area contributed by atoms with Crippen LogP contribution in [0.25, 0.3) is 31.3 Å². The van der Waals surface area contributed by atoms with Crippen LogP contribution in [0.1, 0.15) is 19.4 Å². The number of carbonyl (C=O) groups excluding carboxylic acids is 2. The molecule has 4 rings (SSSR count). The van der Waals surface area contributed by atoms with E-state index in [1.807, 2.05) is 0 Å². The molecule has 0 saturated carbocycles. The molecule has 3 aromatic carbocycles. The van der Waals surface area contributed by atoms with Crippen LogP contribution in [0, 0.1) is 0 Å². The quantitative estimate of drug-likeness (QED) is 0.0989. The summed E-state index contributed by atoms with van der Waals surface area (Å²) in [6.45, 7) is 9.54. The van der Waals surface area contributed by atoms with E-state index < -0.39 is 41.5 Å². The predicted octanol–water partition coefficient (Wildman–Crippen LogP) is 8.60. The standard InChI is InChI=1S/C28H18F6O5S/c1-13(2)25(35)37-16-7-5-15(6-8-16)17-9-10-18-19-11-12-20(38-26(36)14(3)4)22(39-28(32,33)34)24(19)40-23(18)21(17)27(29,30)31/h5-12H,1,3H2,2,4H3. The van der Waals surface area contributed by atoms with Crippen molar-refractivity contribution < 1.29 is 50.1 Å². The molecule has 0 bridgehead atoms. The zero-order valence-corrected chi connectivity index (χ0v) is 21.6. The van der Waals surface area contributed by atoms with Crippen LogP contribution >= 0.6 is 11.3 Å². The van der Waals surface area contributed by atoms with Gasteiger partial charge in [-0.3, -0.25) is 0 Å². The first-order valence-corrected chi connectivity index (χ1v) is 12.1. The number of hydrogen-bond acceptors (Lipinski definition) is 6. The van der Waals surface area contributed by atoms with E-state index in [2.05, 4.69) is 17.9 Å². The molecule has 40 heavy (non-hydrogen) atoms. The van der Waals surface area contributed by atoms with E-state index in [0.717, 1.165) is 6.07 Å². The van der Waals surface area contributed by atoms with Crippen LogP contribution < -0.4 is 14.2 Å². The Kier molecular flexibility index (Phi) is 7.41. The van der Waals surface area contributed by atoms with Gasteiger partial charge in [0.2, 0.25) is 0 Å². The van der Waals surface area contributed by atoms with Gasteiger partial charge in [0.25, 0.3) is 0 Å². The third kappa shape index (κ3) is 5.81. The molecule has 1 aromatic heterocycles. The minimum Gasteiger partial charge on any atom is -0.423 e. The Morgan fingerprint density at radius 3 is 1.85 bits per heavy atom. The van der Waals surface area contributed by atoms with E-state index in [4.69, 9.17) is 9.47 Å². The molecule has 0 saturated heterocycles. The van der Waals surface area contributed by atoms with Crippen LogP contribution in [-0.2, 0) is 15.8 Å². The molecular weight excluding hydrogens is 562 g/mol. The molecule has 5 nitrogen and oxygen atoms in total. The van der Waals surface area contributed by atoms with Gasteiger partial charge in [0, 0.05) is 26.6 Å². The van der Waals surface area contributed by atoms with Gasteiger partial charge in [-0.15, -0.1) is 24.5 Å². The second kappa shape index (κ2) is 10.3. The fraction of sp³-hybridized carbons (Fsp3) is 0.143. The molecule has 0 fully saturated rings. The van der Waals surface area contributed by atoms with Crippen molar-refractivity contribution in [1.82, 2.24) is 0 Å². The molecule has 0 aliphatic rings. The summed E-state index contributed by atoms with van der Waals surface area (Å²) in [6.07, 6.45) is -10.1. The van der Waals surface area contributed by atoms with Crippen molar-refractivity contribution in [1.29, 1.82) is 0 Å². The summed E-state index contributed by atoms with van der Waals surface area (Å²) >= 11 is 0.418. The topological polar surface area (TPSA) is 61.8 Å². The largest absolute Gasteiger partial charge is 0.573 e. The minimum absolute atomic E-state index is 0.0212. The molecule has 0 amide bonds.